The summed E-state index contributed by atoms with van der Waals surface area (Å²) in [6.07, 6.45) is 15.4. The summed E-state index contributed by atoms with van der Waals surface area (Å²) in [5.74, 6) is 0.788. The van der Waals surface area contributed by atoms with Gasteiger partial charge in [0.2, 0.25) is 0 Å². The summed E-state index contributed by atoms with van der Waals surface area (Å²) >= 11 is 0. The van der Waals surface area contributed by atoms with Gasteiger partial charge in [0.25, 0.3) is 0 Å². The van der Waals surface area contributed by atoms with Gasteiger partial charge in [-0.15, -0.1) is 0 Å². The number of unbranched alkanes of at least 4 members (excludes halogenated alkanes) is 7. The molecule has 0 N–H and O–H groups in total. The molecule has 0 aliphatic rings. The van der Waals surface area contributed by atoms with Crippen LogP contribution in [0.5, 0.6) is 0 Å². The van der Waals surface area contributed by atoms with E-state index in [9.17, 15) is 0 Å². The average Bonchev–Trinajstić information content (AvgIpc) is 2.49. The smallest absolute Gasteiger partial charge is 0.0159 e. The Morgan fingerprint density at radius 1 is 0.714 bits per heavy atom. The Kier molecular flexibility index (Phi) is 10.3. The zero-order chi connectivity index (χ0) is 15.3. The van der Waals surface area contributed by atoms with E-state index in [1.807, 2.05) is 0 Å². The number of benzene rings is 1. The van der Waals surface area contributed by atoms with Crippen molar-refractivity contribution in [3.05, 3.63) is 35.4 Å². The fourth-order valence-corrected chi connectivity index (χ4v) is 3.37. The van der Waals surface area contributed by atoms with Crippen molar-refractivity contribution in [3.63, 3.8) is 0 Å². The molecule has 1 unspecified atom stereocenters. The molecule has 1 aromatic rings. The zero-order valence-corrected chi connectivity index (χ0v) is 14.7. The van der Waals surface area contributed by atoms with Crippen molar-refractivity contribution < 1.29 is 0 Å². The fraction of sp³-hybridized carbons (Fsp3) is 0.714. The van der Waals surface area contributed by atoms with Crippen LogP contribution >= 0.6 is 0 Å². The lowest BCUT2D eigenvalue weighted by Gasteiger charge is -2.19. The summed E-state index contributed by atoms with van der Waals surface area (Å²) in [5, 5.41) is 0. The molecule has 0 spiro atoms. The molecule has 0 aromatic heterocycles. The SMILES string of the molecule is CCCCCCCCCCC(CCC)c1ccccc1C. The maximum Gasteiger partial charge on any atom is -0.0159 e. The molecule has 0 bridgehead atoms. The highest BCUT2D eigenvalue weighted by Gasteiger charge is 2.12. The van der Waals surface area contributed by atoms with Crippen LogP contribution in [0.2, 0.25) is 0 Å². The van der Waals surface area contributed by atoms with E-state index in [1.54, 1.807) is 5.56 Å². The molecule has 0 heteroatoms. The highest BCUT2D eigenvalue weighted by molar-refractivity contribution is 5.29. The van der Waals surface area contributed by atoms with Crippen molar-refractivity contribution in [2.24, 2.45) is 0 Å². The van der Waals surface area contributed by atoms with Crippen LogP contribution in [-0.4, -0.2) is 0 Å². The lowest BCUT2D eigenvalue weighted by Crippen LogP contribution is -2.01. The molecular formula is C21H36. The van der Waals surface area contributed by atoms with Gasteiger partial charge in [-0.2, -0.15) is 0 Å². The first-order chi connectivity index (χ1) is 10.3. The van der Waals surface area contributed by atoms with Crippen molar-refractivity contribution >= 4 is 0 Å². The molecule has 0 heterocycles. The van der Waals surface area contributed by atoms with Gasteiger partial charge in [-0.05, 0) is 36.8 Å². The normalized spacial score (nSPS) is 12.5. The van der Waals surface area contributed by atoms with Crippen molar-refractivity contribution in [1.29, 1.82) is 0 Å². The van der Waals surface area contributed by atoms with Gasteiger partial charge in [-0.3, -0.25) is 0 Å². The molecule has 0 nitrogen and oxygen atoms in total. The summed E-state index contributed by atoms with van der Waals surface area (Å²) < 4.78 is 0. The van der Waals surface area contributed by atoms with Gasteiger partial charge in [-0.25, -0.2) is 0 Å². The van der Waals surface area contributed by atoms with Gasteiger partial charge in [0.15, 0.2) is 0 Å². The molecule has 0 fully saturated rings. The van der Waals surface area contributed by atoms with E-state index in [2.05, 4.69) is 45.0 Å². The Balaban J connectivity index is 2.25. The minimum absolute atomic E-state index is 0.788. The molecule has 0 aliphatic carbocycles. The quantitative estimate of drug-likeness (QED) is 0.351. The van der Waals surface area contributed by atoms with E-state index < -0.39 is 0 Å². The van der Waals surface area contributed by atoms with Crippen LogP contribution in [0.15, 0.2) is 24.3 Å². The van der Waals surface area contributed by atoms with Gasteiger partial charge < -0.3 is 0 Å². The Labute approximate surface area is 133 Å². The standard InChI is InChI=1S/C21H36/c1-4-6-7-8-9-10-11-12-17-20(15-5-2)21-18-14-13-16-19(21)3/h13-14,16,18,20H,4-12,15,17H2,1-3H3. The topological polar surface area (TPSA) is 0 Å². The maximum atomic E-state index is 2.35. The predicted molar refractivity (Wildman–Crippen MR) is 96.1 cm³/mol. The average molecular weight is 289 g/mol. The first-order valence-electron chi connectivity index (χ1n) is 9.35. The van der Waals surface area contributed by atoms with Crippen LogP contribution < -0.4 is 0 Å². The van der Waals surface area contributed by atoms with E-state index >= 15 is 0 Å². The molecule has 0 amide bonds. The van der Waals surface area contributed by atoms with Crippen molar-refractivity contribution in [3.8, 4) is 0 Å². The summed E-state index contributed by atoms with van der Waals surface area (Å²) in [5.41, 5.74) is 3.08. The summed E-state index contributed by atoms with van der Waals surface area (Å²) in [6, 6.07) is 8.99. The second-order valence-electron chi connectivity index (χ2n) is 6.61. The summed E-state index contributed by atoms with van der Waals surface area (Å²) in [4.78, 5) is 0. The van der Waals surface area contributed by atoms with Crippen molar-refractivity contribution in [2.45, 2.75) is 97.3 Å². The number of hydrogen-bond donors (Lipinski definition) is 0. The van der Waals surface area contributed by atoms with Gasteiger partial charge in [0.1, 0.15) is 0 Å². The third-order valence-corrected chi connectivity index (χ3v) is 4.67. The molecule has 0 saturated carbocycles. The van der Waals surface area contributed by atoms with Gasteiger partial charge in [0.05, 0.1) is 0 Å². The summed E-state index contributed by atoms with van der Waals surface area (Å²) in [6.45, 7) is 6.88. The Morgan fingerprint density at radius 2 is 1.33 bits per heavy atom. The van der Waals surface area contributed by atoms with Crippen molar-refractivity contribution in [1.82, 2.24) is 0 Å². The molecule has 1 atom stereocenters. The highest BCUT2D eigenvalue weighted by Crippen LogP contribution is 2.29. The van der Waals surface area contributed by atoms with Crippen LogP contribution in [0.25, 0.3) is 0 Å². The second kappa shape index (κ2) is 11.8. The summed E-state index contributed by atoms with van der Waals surface area (Å²) in [7, 11) is 0. The van der Waals surface area contributed by atoms with Gasteiger partial charge >= 0.3 is 0 Å². The Bertz CT molecular complexity index is 353. The maximum absolute atomic E-state index is 2.35. The minimum Gasteiger partial charge on any atom is -0.0654 e. The fourth-order valence-electron chi connectivity index (χ4n) is 3.37. The molecule has 0 aliphatic heterocycles. The van der Waals surface area contributed by atoms with E-state index in [1.165, 1.54) is 76.2 Å². The van der Waals surface area contributed by atoms with Gasteiger partial charge in [0, 0.05) is 0 Å². The highest BCUT2D eigenvalue weighted by atomic mass is 14.2. The largest absolute Gasteiger partial charge is 0.0654 e. The predicted octanol–water partition coefficient (Wildman–Crippen LogP) is 7.41. The molecule has 120 valence electrons. The zero-order valence-electron chi connectivity index (χ0n) is 14.7. The molecular weight excluding hydrogens is 252 g/mol. The van der Waals surface area contributed by atoms with E-state index in [-0.39, 0.29) is 0 Å². The molecule has 1 aromatic carbocycles. The Morgan fingerprint density at radius 3 is 1.95 bits per heavy atom. The first kappa shape index (κ1) is 18.3. The second-order valence-corrected chi connectivity index (χ2v) is 6.61. The van der Waals surface area contributed by atoms with E-state index in [4.69, 9.17) is 0 Å². The van der Waals surface area contributed by atoms with Crippen LogP contribution in [0.4, 0.5) is 0 Å². The molecule has 1 rings (SSSR count). The van der Waals surface area contributed by atoms with Crippen LogP contribution in [0, 0.1) is 6.92 Å². The molecule has 21 heavy (non-hydrogen) atoms. The van der Waals surface area contributed by atoms with E-state index in [0.29, 0.717) is 0 Å². The monoisotopic (exact) mass is 288 g/mol. The third-order valence-electron chi connectivity index (χ3n) is 4.67. The number of rotatable bonds is 12. The lowest BCUT2D eigenvalue weighted by atomic mass is 9.87. The lowest BCUT2D eigenvalue weighted by molar-refractivity contribution is 0.506. The molecule has 0 radical (unpaired) electrons. The Hall–Kier alpha value is -0.780. The third kappa shape index (κ3) is 7.69. The van der Waals surface area contributed by atoms with Crippen molar-refractivity contribution in [2.75, 3.05) is 0 Å². The van der Waals surface area contributed by atoms with E-state index in [0.717, 1.165) is 5.92 Å². The minimum atomic E-state index is 0.788. The molecule has 0 saturated heterocycles. The van der Waals surface area contributed by atoms with Crippen LogP contribution in [-0.2, 0) is 0 Å². The van der Waals surface area contributed by atoms with Crippen LogP contribution in [0.3, 0.4) is 0 Å². The van der Waals surface area contributed by atoms with Gasteiger partial charge in [-0.1, -0.05) is 95.9 Å². The van der Waals surface area contributed by atoms with Crippen LogP contribution in [0.1, 0.15) is 102 Å². The number of aryl methyl sites for hydroxylation is 1. The first-order valence-corrected chi connectivity index (χ1v) is 9.35. The number of hydrogen-bond acceptors (Lipinski definition) is 0.